The van der Waals surface area contributed by atoms with Crippen LogP contribution in [-0.2, 0) is 4.79 Å². The summed E-state index contributed by atoms with van der Waals surface area (Å²) in [5.41, 5.74) is 4.36. The lowest BCUT2D eigenvalue weighted by atomic mass is 9.92. The molecule has 1 amide bonds. The number of rotatable bonds is 8. The number of carbonyl (C=O) groups is 2. The number of thioether (sulfide) groups is 1. The first kappa shape index (κ1) is 25.6. The number of phenolic OH excluding ortho intramolecular Hbond substituents is 1. The first-order chi connectivity index (χ1) is 18.3. The molecule has 0 aliphatic carbocycles. The minimum atomic E-state index is -0.846. The van der Waals surface area contributed by atoms with Gasteiger partial charge in [-0.3, -0.25) is 14.6 Å². The minimum Gasteiger partial charge on any atom is -0.508 e. The third-order valence-corrected chi connectivity index (χ3v) is 7.92. The molecule has 1 fully saturated rings. The van der Waals surface area contributed by atoms with Crippen LogP contribution in [0.3, 0.4) is 0 Å². The summed E-state index contributed by atoms with van der Waals surface area (Å²) in [5, 5.41) is 19.9. The van der Waals surface area contributed by atoms with E-state index in [1.165, 1.54) is 49.1 Å². The van der Waals surface area contributed by atoms with Crippen LogP contribution in [0.1, 0.15) is 40.6 Å². The minimum absolute atomic E-state index is 0.0630. The number of amides is 1. The van der Waals surface area contributed by atoms with Gasteiger partial charge < -0.3 is 15.1 Å². The molecule has 0 saturated carbocycles. The molecule has 192 valence electrons. The SMILES string of the molecule is CC(=O)c1cncc(-c2ccc(N3C(=O)[C@H](SC[C@@H](O)c4ccc(F)cc4)[C@H]3c3ccc(O)cc3)cc2)c1. The van der Waals surface area contributed by atoms with Crippen LogP contribution >= 0.6 is 11.8 Å². The average molecular weight is 529 g/mol. The summed E-state index contributed by atoms with van der Waals surface area (Å²) in [6, 6.07) is 21.4. The van der Waals surface area contributed by atoms with Crippen LogP contribution in [0.2, 0.25) is 0 Å². The maximum atomic E-state index is 13.4. The number of phenols is 1. The first-order valence-electron chi connectivity index (χ1n) is 12.1. The molecule has 0 bridgehead atoms. The highest BCUT2D eigenvalue weighted by Gasteiger charge is 2.49. The Morgan fingerprint density at radius 3 is 2.34 bits per heavy atom. The Balaban J connectivity index is 1.38. The van der Waals surface area contributed by atoms with E-state index in [1.807, 2.05) is 24.3 Å². The molecule has 4 aromatic rings. The molecule has 1 aromatic heterocycles. The number of halogens is 1. The molecule has 3 atom stereocenters. The molecule has 3 aromatic carbocycles. The summed E-state index contributed by atoms with van der Waals surface area (Å²) in [4.78, 5) is 31.0. The van der Waals surface area contributed by atoms with Gasteiger partial charge in [0.25, 0.3) is 0 Å². The van der Waals surface area contributed by atoms with Gasteiger partial charge >= 0.3 is 0 Å². The van der Waals surface area contributed by atoms with E-state index in [4.69, 9.17) is 0 Å². The number of β-lactam (4-membered cyclic amide) rings is 1. The van der Waals surface area contributed by atoms with Gasteiger partial charge in [-0.25, -0.2) is 4.39 Å². The van der Waals surface area contributed by atoms with Crippen molar-refractivity contribution in [2.45, 2.75) is 24.3 Å². The van der Waals surface area contributed by atoms with Crippen molar-refractivity contribution in [3.63, 3.8) is 0 Å². The second kappa shape index (κ2) is 10.8. The number of hydrogen-bond donors (Lipinski definition) is 2. The summed E-state index contributed by atoms with van der Waals surface area (Å²) in [7, 11) is 0. The number of benzene rings is 3. The van der Waals surface area contributed by atoms with Crippen LogP contribution in [0.4, 0.5) is 10.1 Å². The number of pyridine rings is 1. The molecular weight excluding hydrogens is 503 g/mol. The van der Waals surface area contributed by atoms with Gasteiger partial charge in [0, 0.05) is 35.0 Å². The number of aromatic hydroxyl groups is 1. The monoisotopic (exact) mass is 528 g/mol. The van der Waals surface area contributed by atoms with Crippen molar-refractivity contribution in [1.82, 2.24) is 4.98 Å². The zero-order valence-corrected chi connectivity index (χ0v) is 21.3. The lowest BCUT2D eigenvalue weighted by molar-refractivity contribution is -0.123. The molecule has 2 heterocycles. The number of Topliss-reactive ketones (excluding diaryl/α,β-unsaturated/α-hetero) is 1. The molecule has 5 rings (SSSR count). The lowest BCUT2D eigenvalue weighted by Gasteiger charge is -2.47. The van der Waals surface area contributed by atoms with E-state index >= 15 is 0 Å². The Labute approximate surface area is 223 Å². The normalized spacial score (nSPS) is 17.7. The number of carbonyl (C=O) groups excluding carboxylic acids is 2. The molecule has 0 unspecified atom stereocenters. The highest BCUT2D eigenvalue weighted by atomic mass is 32.2. The number of aliphatic hydroxyl groups excluding tert-OH is 1. The maximum absolute atomic E-state index is 13.4. The van der Waals surface area contributed by atoms with E-state index in [1.54, 1.807) is 41.4 Å². The summed E-state index contributed by atoms with van der Waals surface area (Å²) < 4.78 is 13.3. The number of aromatic nitrogens is 1. The average Bonchev–Trinajstić information content (AvgIpc) is 2.93. The number of aliphatic hydroxyl groups is 1. The second-order valence-corrected chi connectivity index (χ2v) is 10.3. The Hall–Kier alpha value is -4.01. The lowest BCUT2D eigenvalue weighted by Crippen LogP contribution is -2.57. The van der Waals surface area contributed by atoms with Crippen LogP contribution in [0.25, 0.3) is 11.1 Å². The van der Waals surface area contributed by atoms with Crippen molar-refractivity contribution in [1.29, 1.82) is 0 Å². The molecule has 0 spiro atoms. The Kier molecular flexibility index (Phi) is 7.26. The molecule has 38 heavy (non-hydrogen) atoms. The van der Waals surface area contributed by atoms with Crippen molar-refractivity contribution >= 4 is 29.1 Å². The highest BCUT2D eigenvalue weighted by Crippen LogP contribution is 2.46. The van der Waals surface area contributed by atoms with E-state index in [2.05, 4.69) is 4.98 Å². The van der Waals surface area contributed by atoms with Crippen LogP contribution in [-0.4, -0.2) is 37.9 Å². The van der Waals surface area contributed by atoms with Crippen molar-refractivity contribution in [3.05, 3.63) is 114 Å². The van der Waals surface area contributed by atoms with Gasteiger partial charge in [-0.05, 0) is 66.1 Å². The summed E-state index contributed by atoms with van der Waals surface area (Å²) in [5.74, 6) is -0.130. The molecule has 1 aliphatic heterocycles. The number of hydrogen-bond acceptors (Lipinski definition) is 6. The Morgan fingerprint density at radius 1 is 1.00 bits per heavy atom. The molecule has 0 radical (unpaired) electrons. The van der Waals surface area contributed by atoms with Crippen LogP contribution in [0, 0.1) is 5.82 Å². The van der Waals surface area contributed by atoms with Gasteiger partial charge in [-0.15, -0.1) is 11.8 Å². The Morgan fingerprint density at radius 2 is 1.68 bits per heavy atom. The van der Waals surface area contributed by atoms with Gasteiger partial charge in [0.05, 0.1) is 12.1 Å². The van der Waals surface area contributed by atoms with Gasteiger partial charge in [0.1, 0.15) is 16.8 Å². The van der Waals surface area contributed by atoms with Crippen molar-refractivity contribution in [2.24, 2.45) is 0 Å². The van der Waals surface area contributed by atoms with Gasteiger partial charge in [0.15, 0.2) is 5.78 Å². The van der Waals surface area contributed by atoms with Gasteiger partial charge in [-0.1, -0.05) is 36.4 Å². The molecule has 2 N–H and O–H groups in total. The zero-order chi connectivity index (χ0) is 26.8. The standard InChI is InChI=1S/C30H25FN2O4S/c1-18(34)22-14-23(16-32-15-22)19-4-10-25(11-5-19)33-28(21-6-12-26(35)13-7-21)29(30(33)37)38-17-27(36)20-2-8-24(31)9-3-20/h2-16,27-29,35-36H,17H2,1H3/t27-,28-,29-/m1/s1. The molecular formula is C30H25FN2O4S. The molecule has 1 saturated heterocycles. The van der Waals surface area contributed by atoms with Gasteiger partial charge in [-0.2, -0.15) is 0 Å². The molecule has 6 nitrogen and oxygen atoms in total. The number of anilines is 1. The van der Waals surface area contributed by atoms with E-state index in [9.17, 15) is 24.2 Å². The van der Waals surface area contributed by atoms with Crippen molar-refractivity contribution in [2.75, 3.05) is 10.7 Å². The number of nitrogens with zero attached hydrogens (tertiary/aromatic N) is 2. The first-order valence-corrected chi connectivity index (χ1v) is 13.1. The van der Waals surface area contributed by atoms with Gasteiger partial charge in [0.2, 0.25) is 5.91 Å². The fourth-order valence-corrected chi connectivity index (χ4v) is 5.79. The Bertz CT molecular complexity index is 1460. The maximum Gasteiger partial charge on any atom is 0.243 e. The van der Waals surface area contributed by atoms with Crippen LogP contribution in [0.5, 0.6) is 5.75 Å². The predicted octanol–water partition coefficient (Wildman–Crippen LogP) is 5.72. The van der Waals surface area contributed by atoms with E-state index in [-0.39, 0.29) is 35.1 Å². The summed E-state index contributed by atoms with van der Waals surface area (Å²) in [6.07, 6.45) is 2.38. The van der Waals surface area contributed by atoms with Crippen molar-refractivity contribution < 1.29 is 24.2 Å². The number of ketones is 1. The smallest absolute Gasteiger partial charge is 0.243 e. The largest absolute Gasteiger partial charge is 0.508 e. The predicted molar refractivity (Wildman–Crippen MR) is 146 cm³/mol. The molecule has 8 heteroatoms. The van der Waals surface area contributed by atoms with E-state index in [0.29, 0.717) is 16.8 Å². The quantitative estimate of drug-likeness (QED) is 0.225. The third-order valence-electron chi connectivity index (χ3n) is 6.59. The summed E-state index contributed by atoms with van der Waals surface area (Å²) in [6.45, 7) is 1.50. The van der Waals surface area contributed by atoms with E-state index in [0.717, 1.165) is 16.7 Å². The second-order valence-electron chi connectivity index (χ2n) is 9.13. The van der Waals surface area contributed by atoms with Crippen LogP contribution in [0.15, 0.2) is 91.3 Å². The fraction of sp³-hybridized carbons (Fsp3) is 0.167. The van der Waals surface area contributed by atoms with Crippen molar-refractivity contribution in [3.8, 4) is 16.9 Å². The molecule has 1 aliphatic rings. The zero-order valence-electron chi connectivity index (χ0n) is 20.5. The van der Waals surface area contributed by atoms with Crippen LogP contribution < -0.4 is 4.90 Å². The topological polar surface area (TPSA) is 90.7 Å². The third kappa shape index (κ3) is 5.18. The highest BCUT2D eigenvalue weighted by molar-refractivity contribution is 8.00. The fourth-order valence-electron chi connectivity index (χ4n) is 4.49. The van der Waals surface area contributed by atoms with E-state index < -0.39 is 11.4 Å². The summed E-state index contributed by atoms with van der Waals surface area (Å²) >= 11 is 1.35.